The van der Waals surface area contributed by atoms with Crippen LogP contribution in [0.2, 0.25) is 0 Å². The van der Waals surface area contributed by atoms with Crippen LogP contribution in [0.4, 0.5) is 0 Å². The lowest BCUT2D eigenvalue weighted by molar-refractivity contribution is 0.305. The molecule has 134 valence electrons. The molecule has 3 rings (SSSR count). The van der Waals surface area contributed by atoms with E-state index >= 15 is 0 Å². The molecule has 0 saturated carbocycles. The van der Waals surface area contributed by atoms with E-state index in [2.05, 4.69) is 10.1 Å². The van der Waals surface area contributed by atoms with Gasteiger partial charge in [-0.3, -0.25) is 4.57 Å². The monoisotopic (exact) mass is 350 g/mol. The van der Waals surface area contributed by atoms with E-state index < -0.39 is 0 Å². The van der Waals surface area contributed by atoms with Crippen molar-refractivity contribution in [2.45, 2.75) is 6.61 Å². The summed E-state index contributed by atoms with van der Waals surface area (Å²) in [6, 6.07) is 15.7. The molecule has 0 unspecified atom stereocenters. The maximum atomic E-state index is 6.08. The van der Waals surface area contributed by atoms with Gasteiger partial charge in [-0.2, -0.15) is 5.10 Å². The molecule has 3 aromatic rings. The molecule has 26 heavy (non-hydrogen) atoms. The van der Waals surface area contributed by atoms with Crippen LogP contribution in [0.25, 0.3) is 0 Å². The molecule has 0 N–H and O–H groups in total. The fraction of sp³-hybridized carbons (Fsp3) is 0.200. The van der Waals surface area contributed by atoms with Crippen LogP contribution < -0.4 is 9.47 Å². The number of hydrogen-bond acceptors (Lipinski definition) is 5. The minimum absolute atomic E-state index is 0.459. The van der Waals surface area contributed by atoms with Crippen LogP contribution in [-0.4, -0.2) is 41.6 Å². The zero-order valence-electron chi connectivity index (χ0n) is 15.2. The van der Waals surface area contributed by atoms with Crippen molar-refractivity contribution >= 4 is 5.84 Å². The van der Waals surface area contributed by atoms with Gasteiger partial charge in [0.1, 0.15) is 24.4 Å². The Morgan fingerprint density at radius 2 is 1.88 bits per heavy atom. The fourth-order valence-electron chi connectivity index (χ4n) is 2.48. The molecule has 1 aromatic heterocycles. The molecule has 0 radical (unpaired) electrons. The Morgan fingerprint density at radius 1 is 1.12 bits per heavy atom. The molecule has 0 saturated heterocycles. The van der Waals surface area contributed by atoms with E-state index in [1.165, 1.54) is 0 Å². The van der Waals surface area contributed by atoms with Crippen molar-refractivity contribution in [2.75, 3.05) is 21.2 Å². The SMILES string of the molecule is COc1ccc(COc2ccccc2/C(=N/N(C)C)n2ccnc2)cc1. The lowest BCUT2D eigenvalue weighted by Gasteiger charge is -2.16. The number of aromatic nitrogens is 2. The Morgan fingerprint density at radius 3 is 2.54 bits per heavy atom. The first kappa shape index (κ1) is 17.5. The molecular weight excluding hydrogens is 328 g/mol. The zero-order chi connectivity index (χ0) is 18.4. The molecule has 0 amide bonds. The lowest BCUT2D eigenvalue weighted by atomic mass is 10.1. The summed E-state index contributed by atoms with van der Waals surface area (Å²) in [6.45, 7) is 0.459. The van der Waals surface area contributed by atoms with Gasteiger partial charge < -0.3 is 14.5 Å². The second-order valence-corrected chi connectivity index (χ2v) is 5.87. The van der Waals surface area contributed by atoms with E-state index in [-0.39, 0.29) is 0 Å². The molecule has 2 aromatic carbocycles. The van der Waals surface area contributed by atoms with Crippen molar-refractivity contribution < 1.29 is 9.47 Å². The minimum Gasteiger partial charge on any atom is -0.497 e. The smallest absolute Gasteiger partial charge is 0.168 e. The summed E-state index contributed by atoms with van der Waals surface area (Å²) in [5.41, 5.74) is 1.96. The third-order valence-corrected chi connectivity index (χ3v) is 3.73. The molecular formula is C20H22N4O2. The molecule has 0 spiro atoms. The average molecular weight is 350 g/mol. The van der Waals surface area contributed by atoms with Gasteiger partial charge in [0.15, 0.2) is 5.84 Å². The molecule has 0 atom stereocenters. The molecule has 1 heterocycles. The highest BCUT2D eigenvalue weighted by atomic mass is 16.5. The normalized spacial score (nSPS) is 11.3. The summed E-state index contributed by atoms with van der Waals surface area (Å²) in [5, 5.41) is 6.36. The quantitative estimate of drug-likeness (QED) is 0.389. The van der Waals surface area contributed by atoms with Gasteiger partial charge >= 0.3 is 0 Å². The van der Waals surface area contributed by atoms with Crippen LogP contribution in [0.1, 0.15) is 11.1 Å². The van der Waals surface area contributed by atoms with Crippen molar-refractivity contribution in [1.29, 1.82) is 0 Å². The summed E-state index contributed by atoms with van der Waals surface area (Å²) in [6.07, 6.45) is 5.32. The number of imidazole rings is 1. The van der Waals surface area contributed by atoms with Crippen molar-refractivity contribution in [3.8, 4) is 11.5 Å². The van der Waals surface area contributed by atoms with E-state index in [4.69, 9.17) is 9.47 Å². The van der Waals surface area contributed by atoms with E-state index in [1.807, 2.05) is 73.4 Å². The van der Waals surface area contributed by atoms with E-state index in [1.54, 1.807) is 24.6 Å². The Labute approximate surface area is 153 Å². The Balaban J connectivity index is 1.86. The van der Waals surface area contributed by atoms with Gasteiger partial charge in [0, 0.05) is 26.5 Å². The first-order valence-corrected chi connectivity index (χ1v) is 8.27. The Bertz CT molecular complexity index is 856. The van der Waals surface area contributed by atoms with Crippen molar-refractivity contribution in [3.05, 3.63) is 78.4 Å². The maximum absolute atomic E-state index is 6.08. The summed E-state index contributed by atoms with van der Waals surface area (Å²) in [4.78, 5) is 4.13. The zero-order valence-corrected chi connectivity index (χ0v) is 15.2. The Kier molecular flexibility index (Phi) is 5.53. The summed E-state index contributed by atoms with van der Waals surface area (Å²) in [5.74, 6) is 2.34. The third kappa shape index (κ3) is 4.22. The Hall–Kier alpha value is -3.28. The van der Waals surface area contributed by atoms with Gasteiger partial charge in [0.05, 0.1) is 12.7 Å². The minimum atomic E-state index is 0.459. The second kappa shape index (κ2) is 8.20. The van der Waals surface area contributed by atoms with E-state index in [0.29, 0.717) is 6.61 Å². The predicted molar refractivity (Wildman–Crippen MR) is 102 cm³/mol. The first-order chi connectivity index (χ1) is 12.7. The number of methoxy groups -OCH3 is 1. The average Bonchev–Trinajstić information content (AvgIpc) is 3.19. The molecule has 0 aliphatic heterocycles. The molecule has 0 aliphatic carbocycles. The number of nitrogens with zero attached hydrogens (tertiary/aromatic N) is 4. The van der Waals surface area contributed by atoms with Gasteiger partial charge in [-0.1, -0.05) is 24.3 Å². The van der Waals surface area contributed by atoms with E-state index in [0.717, 1.165) is 28.5 Å². The van der Waals surface area contributed by atoms with Crippen molar-refractivity contribution in [2.24, 2.45) is 5.10 Å². The lowest BCUT2D eigenvalue weighted by Crippen LogP contribution is -2.18. The van der Waals surface area contributed by atoms with Gasteiger partial charge in [-0.25, -0.2) is 4.98 Å². The maximum Gasteiger partial charge on any atom is 0.168 e. The van der Waals surface area contributed by atoms with Crippen molar-refractivity contribution in [3.63, 3.8) is 0 Å². The van der Waals surface area contributed by atoms with Crippen LogP contribution in [0, 0.1) is 0 Å². The topological polar surface area (TPSA) is 51.9 Å². The molecule has 0 aliphatic rings. The molecule has 6 heteroatoms. The number of hydrogen-bond donors (Lipinski definition) is 0. The largest absolute Gasteiger partial charge is 0.497 e. The fourth-order valence-corrected chi connectivity index (χ4v) is 2.48. The standard InChI is InChI=1S/C20H22N4O2/c1-23(2)22-20(24-13-12-21-15-24)18-6-4-5-7-19(18)26-14-16-8-10-17(25-3)11-9-16/h4-13,15H,14H2,1-3H3/b22-20-. The summed E-state index contributed by atoms with van der Waals surface area (Å²) < 4.78 is 13.1. The highest BCUT2D eigenvalue weighted by Gasteiger charge is 2.13. The number of hydrazone groups is 1. The predicted octanol–water partition coefficient (Wildman–Crippen LogP) is 3.24. The number of ether oxygens (including phenoxy) is 2. The number of benzene rings is 2. The van der Waals surface area contributed by atoms with Crippen LogP contribution in [0.3, 0.4) is 0 Å². The van der Waals surface area contributed by atoms with Gasteiger partial charge in [-0.05, 0) is 29.8 Å². The van der Waals surface area contributed by atoms with E-state index in [9.17, 15) is 0 Å². The molecule has 0 bridgehead atoms. The molecule has 6 nitrogen and oxygen atoms in total. The van der Waals surface area contributed by atoms with Gasteiger partial charge in [0.2, 0.25) is 0 Å². The number of rotatable bonds is 6. The summed E-state index contributed by atoms with van der Waals surface area (Å²) >= 11 is 0. The molecule has 0 fully saturated rings. The van der Waals surface area contributed by atoms with Crippen LogP contribution in [-0.2, 0) is 6.61 Å². The van der Waals surface area contributed by atoms with Crippen LogP contribution in [0.15, 0.2) is 72.4 Å². The first-order valence-electron chi connectivity index (χ1n) is 8.27. The highest BCUT2D eigenvalue weighted by molar-refractivity contribution is 6.02. The third-order valence-electron chi connectivity index (χ3n) is 3.73. The van der Waals surface area contributed by atoms with Crippen molar-refractivity contribution in [1.82, 2.24) is 14.6 Å². The van der Waals surface area contributed by atoms with Gasteiger partial charge in [-0.15, -0.1) is 0 Å². The number of para-hydroxylation sites is 1. The van der Waals surface area contributed by atoms with Gasteiger partial charge in [0.25, 0.3) is 0 Å². The second-order valence-electron chi connectivity index (χ2n) is 5.87. The highest BCUT2D eigenvalue weighted by Crippen LogP contribution is 2.22. The van der Waals surface area contributed by atoms with Crippen LogP contribution in [0.5, 0.6) is 11.5 Å². The van der Waals surface area contributed by atoms with Crippen LogP contribution >= 0.6 is 0 Å². The summed E-state index contributed by atoms with van der Waals surface area (Å²) in [7, 11) is 5.43.